The summed E-state index contributed by atoms with van der Waals surface area (Å²) >= 11 is 0. The Bertz CT molecular complexity index is 975. The van der Waals surface area contributed by atoms with Gasteiger partial charge in [0.25, 0.3) is 0 Å². The van der Waals surface area contributed by atoms with E-state index in [0.29, 0.717) is 6.08 Å². The van der Waals surface area contributed by atoms with Crippen LogP contribution >= 0.6 is 0 Å². The fraction of sp³-hybridized carbons (Fsp3) is 0.182. The van der Waals surface area contributed by atoms with Crippen molar-refractivity contribution < 1.29 is 45.8 Å². The number of ether oxygens (including phenoxy) is 1. The molecule has 2 rings (SSSR count). The standard InChI is InChI=1S/C12H11F3O2.C10H7F3O2/c1-2-17-11(16)8-7-9-5-3-4-6-10(9)12(13,14)15;11-10(12,13)8-4-2-1-3-7(8)5-6-9(14)15/h3-8H,2H2,1H3;1-6H,(H,14,15). The SMILES string of the molecule is CCOC(=O)C=Cc1ccccc1C(F)(F)F.O=C(O)C=Cc1ccccc1C(F)(F)F. The molecular formula is C22H18F6O4. The van der Waals surface area contributed by atoms with E-state index in [1.165, 1.54) is 36.4 Å². The predicted molar refractivity (Wildman–Crippen MR) is 105 cm³/mol. The van der Waals surface area contributed by atoms with Crippen LogP contribution < -0.4 is 0 Å². The van der Waals surface area contributed by atoms with Crippen molar-refractivity contribution >= 4 is 24.1 Å². The van der Waals surface area contributed by atoms with Gasteiger partial charge in [-0.3, -0.25) is 0 Å². The number of rotatable bonds is 5. The van der Waals surface area contributed by atoms with Crippen molar-refractivity contribution in [2.75, 3.05) is 6.61 Å². The van der Waals surface area contributed by atoms with Gasteiger partial charge in [-0.2, -0.15) is 26.3 Å². The van der Waals surface area contributed by atoms with E-state index in [4.69, 9.17) is 5.11 Å². The first-order valence-corrected chi connectivity index (χ1v) is 8.94. The Hall–Kier alpha value is -3.56. The summed E-state index contributed by atoms with van der Waals surface area (Å²) in [6.07, 6.45) is -5.24. The van der Waals surface area contributed by atoms with Gasteiger partial charge in [0.05, 0.1) is 17.7 Å². The number of carboxylic acids is 1. The average molecular weight is 460 g/mol. The van der Waals surface area contributed by atoms with Gasteiger partial charge in [0.15, 0.2) is 0 Å². The zero-order valence-electron chi connectivity index (χ0n) is 16.6. The summed E-state index contributed by atoms with van der Waals surface area (Å²) in [5.41, 5.74) is -1.84. The van der Waals surface area contributed by atoms with E-state index in [0.717, 1.165) is 30.4 Å². The van der Waals surface area contributed by atoms with E-state index in [1.807, 2.05) is 0 Å². The highest BCUT2D eigenvalue weighted by Gasteiger charge is 2.33. The number of carbonyl (C=O) groups is 2. The number of carboxylic acid groups (broad SMARTS) is 1. The molecule has 0 saturated carbocycles. The lowest BCUT2D eigenvalue weighted by Crippen LogP contribution is -2.07. The van der Waals surface area contributed by atoms with Crippen LogP contribution in [-0.4, -0.2) is 23.7 Å². The predicted octanol–water partition coefficient (Wildman–Crippen LogP) is 6.08. The summed E-state index contributed by atoms with van der Waals surface area (Å²) in [5, 5.41) is 8.30. The highest BCUT2D eigenvalue weighted by molar-refractivity contribution is 5.87. The Balaban J connectivity index is 0.000000323. The summed E-state index contributed by atoms with van der Waals surface area (Å²) in [6.45, 7) is 1.81. The van der Waals surface area contributed by atoms with Crippen molar-refractivity contribution in [3.63, 3.8) is 0 Å². The number of benzene rings is 2. The molecule has 0 amide bonds. The molecule has 0 aliphatic rings. The largest absolute Gasteiger partial charge is 0.478 e. The topological polar surface area (TPSA) is 63.6 Å². The van der Waals surface area contributed by atoms with Crippen LogP contribution in [0.3, 0.4) is 0 Å². The second-order valence-electron chi connectivity index (χ2n) is 5.93. The molecule has 0 saturated heterocycles. The van der Waals surface area contributed by atoms with Crippen LogP contribution in [0.2, 0.25) is 0 Å². The Kier molecular flexibility index (Phi) is 9.70. The molecule has 0 atom stereocenters. The van der Waals surface area contributed by atoms with Crippen LogP contribution in [0.5, 0.6) is 0 Å². The van der Waals surface area contributed by atoms with Crippen molar-refractivity contribution in [3.8, 4) is 0 Å². The monoisotopic (exact) mass is 460 g/mol. The Morgan fingerprint density at radius 1 is 0.812 bits per heavy atom. The van der Waals surface area contributed by atoms with Gasteiger partial charge in [0, 0.05) is 12.2 Å². The van der Waals surface area contributed by atoms with Crippen molar-refractivity contribution in [2.45, 2.75) is 19.3 Å². The lowest BCUT2D eigenvalue weighted by molar-refractivity contribution is -0.138. The summed E-state index contributed by atoms with van der Waals surface area (Å²) in [6, 6.07) is 9.80. The number of alkyl halides is 6. The number of hydrogen-bond donors (Lipinski definition) is 1. The molecule has 0 fully saturated rings. The summed E-state index contributed by atoms with van der Waals surface area (Å²) < 4.78 is 79.5. The Morgan fingerprint density at radius 3 is 1.59 bits per heavy atom. The fourth-order valence-electron chi connectivity index (χ4n) is 2.31. The molecule has 0 unspecified atom stereocenters. The molecule has 172 valence electrons. The van der Waals surface area contributed by atoms with E-state index < -0.39 is 35.4 Å². The first kappa shape index (κ1) is 26.5. The van der Waals surface area contributed by atoms with Gasteiger partial charge < -0.3 is 9.84 Å². The maximum Gasteiger partial charge on any atom is 0.416 e. The van der Waals surface area contributed by atoms with Gasteiger partial charge in [0.2, 0.25) is 0 Å². The van der Waals surface area contributed by atoms with Gasteiger partial charge >= 0.3 is 24.3 Å². The van der Waals surface area contributed by atoms with Gasteiger partial charge in [0.1, 0.15) is 0 Å². The normalized spacial score (nSPS) is 11.8. The zero-order chi connectivity index (χ0) is 24.4. The quantitative estimate of drug-likeness (QED) is 0.334. The molecule has 0 spiro atoms. The lowest BCUT2D eigenvalue weighted by atomic mass is 10.1. The first-order chi connectivity index (χ1) is 14.9. The molecule has 0 aliphatic heterocycles. The van der Waals surface area contributed by atoms with Crippen molar-refractivity contribution in [2.24, 2.45) is 0 Å². The molecule has 0 aliphatic carbocycles. The molecule has 0 aromatic heterocycles. The zero-order valence-corrected chi connectivity index (χ0v) is 16.6. The van der Waals surface area contributed by atoms with Gasteiger partial charge in [-0.25, -0.2) is 9.59 Å². The van der Waals surface area contributed by atoms with Gasteiger partial charge in [-0.15, -0.1) is 0 Å². The fourth-order valence-corrected chi connectivity index (χ4v) is 2.31. The minimum atomic E-state index is -4.47. The van der Waals surface area contributed by atoms with E-state index in [1.54, 1.807) is 6.92 Å². The van der Waals surface area contributed by atoms with Crippen LogP contribution in [0.15, 0.2) is 60.7 Å². The minimum absolute atomic E-state index is 0.0620. The van der Waals surface area contributed by atoms with Gasteiger partial charge in [-0.1, -0.05) is 36.4 Å². The second-order valence-corrected chi connectivity index (χ2v) is 5.93. The number of hydrogen-bond acceptors (Lipinski definition) is 3. The lowest BCUT2D eigenvalue weighted by Gasteiger charge is -2.09. The van der Waals surface area contributed by atoms with Crippen molar-refractivity contribution in [1.82, 2.24) is 0 Å². The van der Waals surface area contributed by atoms with Gasteiger partial charge in [-0.05, 0) is 42.3 Å². The molecule has 0 bridgehead atoms. The van der Waals surface area contributed by atoms with E-state index in [-0.39, 0.29) is 17.7 Å². The molecule has 0 radical (unpaired) electrons. The summed E-state index contributed by atoms with van der Waals surface area (Å²) in [7, 11) is 0. The van der Waals surface area contributed by atoms with Crippen LogP contribution in [0.1, 0.15) is 29.2 Å². The van der Waals surface area contributed by atoms with E-state index >= 15 is 0 Å². The Morgan fingerprint density at radius 2 is 1.22 bits per heavy atom. The average Bonchev–Trinajstić information content (AvgIpc) is 2.70. The van der Waals surface area contributed by atoms with Crippen molar-refractivity contribution in [3.05, 3.63) is 82.9 Å². The number of aliphatic carboxylic acids is 1. The highest BCUT2D eigenvalue weighted by Crippen LogP contribution is 2.33. The van der Waals surface area contributed by atoms with Crippen LogP contribution in [0.25, 0.3) is 12.2 Å². The molecule has 2 aromatic rings. The first-order valence-electron chi connectivity index (χ1n) is 8.94. The van der Waals surface area contributed by atoms with Crippen LogP contribution in [-0.2, 0) is 26.7 Å². The summed E-state index contributed by atoms with van der Waals surface area (Å²) in [5.74, 6) is -1.95. The number of esters is 1. The maximum absolute atomic E-state index is 12.6. The molecule has 32 heavy (non-hydrogen) atoms. The highest BCUT2D eigenvalue weighted by atomic mass is 19.4. The van der Waals surface area contributed by atoms with Crippen LogP contribution in [0, 0.1) is 0 Å². The maximum atomic E-state index is 12.6. The molecule has 4 nitrogen and oxygen atoms in total. The summed E-state index contributed by atoms with van der Waals surface area (Å²) in [4.78, 5) is 21.2. The Labute approximate surface area is 179 Å². The smallest absolute Gasteiger partial charge is 0.416 e. The molecule has 2 aromatic carbocycles. The van der Waals surface area contributed by atoms with Crippen molar-refractivity contribution in [1.29, 1.82) is 0 Å². The molecule has 1 N–H and O–H groups in total. The second kappa shape index (κ2) is 11.7. The van der Waals surface area contributed by atoms with E-state index in [9.17, 15) is 35.9 Å². The van der Waals surface area contributed by atoms with E-state index in [2.05, 4.69) is 4.74 Å². The number of carbonyl (C=O) groups excluding carboxylic acids is 1. The molecule has 0 heterocycles. The minimum Gasteiger partial charge on any atom is -0.478 e. The molecular weight excluding hydrogens is 442 g/mol. The van der Waals surface area contributed by atoms with Crippen LogP contribution in [0.4, 0.5) is 26.3 Å². The third kappa shape index (κ3) is 9.07. The molecule has 10 heteroatoms. The third-order valence-corrected chi connectivity index (χ3v) is 3.62. The third-order valence-electron chi connectivity index (χ3n) is 3.62. The number of halogens is 6.